The van der Waals surface area contributed by atoms with E-state index in [1.165, 1.54) is 0 Å². The van der Waals surface area contributed by atoms with Crippen LogP contribution in [0.25, 0.3) is 4.85 Å². The average molecular weight is 80.1 g/mol. The average Bonchev–Trinajstić information content (AvgIpc) is 1.65. The van der Waals surface area contributed by atoms with E-state index >= 15 is 0 Å². The van der Waals surface area contributed by atoms with Gasteiger partial charge in [-0.05, 0) is 0 Å². The second-order valence-corrected chi connectivity index (χ2v) is 0.934. The van der Waals surface area contributed by atoms with Gasteiger partial charge in [-0.25, -0.2) is 6.57 Å². The van der Waals surface area contributed by atoms with Crippen LogP contribution in [0.2, 0.25) is 0 Å². The largest absolute Gasteiger partial charge is 0.304 e. The normalized spacial score (nSPS) is 11.2. The number of nitrogens with zero attached hydrogens (tertiary/aromatic N) is 2. The minimum atomic E-state index is -0.468. The molecule has 0 aromatic carbocycles. The van der Waals surface area contributed by atoms with Crippen molar-refractivity contribution in [2.45, 2.75) is 13.0 Å². The van der Waals surface area contributed by atoms with Crippen LogP contribution >= 0.6 is 0 Å². The summed E-state index contributed by atoms with van der Waals surface area (Å²) in [4.78, 5) is 2.90. The molecule has 0 aromatic rings. The SMILES string of the molecule is [C-]#[N+]C(C)C#N. The van der Waals surface area contributed by atoms with Crippen molar-refractivity contribution >= 4 is 0 Å². The summed E-state index contributed by atoms with van der Waals surface area (Å²) in [5.41, 5.74) is 0. The molecule has 0 heterocycles. The number of hydrogen-bond donors (Lipinski definition) is 0. The number of nitriles is 1. The number of hydrogen-bond acceptors (Lipinski definition) is 1. The van der Waals surface area contributed by atoms with Crippen molar-refractivity contribution in [3.63, 3.8) is 0 Å². The molecule has 0 N–H and O–H groups in total. The molecule has 30 valence electrons. The molecule has 1 atom stereocenters. The molecule has 0 aliphatic heterocycles. The van der Waals surface area contributed by atoms with Gasteiger partial charge in [0.2, 0.25) is 0 Å². The summed E-state index contributed by atoms with van der Waals surface area (Å²) < 4.78 is 0. The molecule has 6 heavy (non-hydrogen) atoms. The predicted octanol–water partition coefficient (Wildman–Crippen LogP) is 0.818. The molecule has 0 bridgehead atoms. The molecule has 0 rings (SSSR count). The Bertz CT molecular complexity index is 89.7. The molecular formula is C4H4N2. The summed E-state index contributed by atoms with van der Waals surface area (Å²) in [5, 5.41) is 7.87. The van der Waals surface area contributed by atoms with E-state index in [4.69, 9.17) is 11.8 Å². The van der Waals surface area contributed by atoms with Crippen LogP contribution in [0.1, 0.15) is 6.92 Å². The molecule has 1 unspecified atom stereocenters. The second-order valence-electron chi connectivity index (χ2n) is 0.934. The Balaban J connectivity index is 3.40. The lowest BCUT2D eigenvalue weighted by Crippen LogP contribution is -1.83. The Morgan fingerprint density at radius 1 is 2.00 bits per heavy atom. The first kappa shape index (κ1) is 4.98. The van der Waals surface area contributed by atoms with E-state index in [0.29, 0.717) is 0 Å². The third-order valence-electron chi connectivity index (χ3n) is 0.380. The van der Waals surface area contributed by atoms with Gasteiger partial charge in [-0.1, -0.05) is 0 Å². The van der Waals surface area contributed by atoms with Crippen molar-refractivity contribution in [2.24, 2.45) is 0 Å². The Hall–Kier alpha value is -1.02. The van der Waals surface area contributed by atoms with Crippen LogP contribution < -0.4 is 0 Å². The summed E-state index contributed by atoms with van der Waals surface area (Å²) in [5.74, 6) is 0. The Morgan fingerprint density at radius 3 is 2.50 bits per heavy atom. The van der Waals surface area contributed by atoms with E-state index in [-0.39, 0.29) is 0 Å². The molecule has 0 saturated heterocycles. The standard InChI is InChI=1S/C4H4N2/c1-4(3-5)6-2/h4H,1H3. The molecule has 2 nitrogen and oxygen atoms in total. The fraction of sp³-hybridized carbons (Fsp3) is 0.500. The molecule has 2 heteroatoms. The van der Waals surface area contributed by atoms with Crippen LogP contribution in [-0.2, 0) is 0 Å². The predicted molar refractivity (Wildman–Crippen MR) is 21.7 cm³/mol. The van der Waals surface area contributed by atoms with Gasteiger partial charge >= 0.3 is 6.04 Å². The van der Waals surface area contributed by atoms with Crippen molar-refractivity contribution in [3.05, 3.63) is 11.4 Å². The smallest absolute Gasteiger partial charge is 0.298 e. The highest BCUT2D eigenvalue weighted by atomic mass is 14.7. The number of rotatable bonds is 0. The maximum absolute atomic E-state index is 7.87. The van der Waals surface area contributed by atoms with E-state index in [0.717, 1.165) is 0 Å². The Morgan fingerprint density at radius 2 is 2.50 bits per heavy atom. The van der Waals surface area contributed by atoms with Crippen molar-refractivity contribution in [2.75, 3.05) is 0 Å². The van der Waals surface area contributed by atoms with Gasteiger partial charge in [0.15, 0.2) is 6.07 Å². The first-order valence-electron chi connectivity index (χ1n) is 1.57. The molecule has 0 radical (unpaired) electrons. The fourth-order valence-corrected chi connectivity index (χ4v) is 0.0289. The molecule has 0 amide bonds. The Labute approximate surface area is 36.8 Å². The lowest BCUT2D eigenvalue weighted by molar-refractivity contribution is 1.10. The minimum Gasteiger partial charge on any atom is -0.298 e. The van der Waals surface area contributed by atoms with Crippen LogP contribution in [0.4, 0.5) is 0 Å². The van der Waals surface area contributed by atoms with Crippen LogP contribution in [0, 0.1) is 17.9 Å². The molecular weight excluding hydrogens is 76.1 g/mol. The van der Waals surface area contributed by atoms with Crippen LogP contribution in [0.5, 0.6) is 0 Å². The van der Waals surface area contributed by atoms with Gasteiger partial charge in [0, 0.05) is 6.92 Å². The van der Waals surface area contributed by atoms with Gasteiger partial charge in [0.25, 0.3) is 0 Å². The molecule has 0 aromatic heterocycles. The van der Waals surface area contributed by atoms with Gasteiger partial charge < -0.3 is 0 Å². The topological polar surface area (TPSA) is 28.1 Å². The molecule has 0 aliphatic carbocycles. The van der Waals surface area contributed by atoms with Gasteiger partial charge in [-0.2, -0.15) is 5.26 Å². The van der Waals surface area contributed by atoms with Gasteiger partial charge in [-0.15, -0.1) is 0 Å². The maximum atomic E-state index is 7.87. The van der Waals surface area contributed by atoms with Crippen molar-refractivity contribution in [3.8, 4) is 6.07 Å². The molecule has 0 spiro atoms. The zero-order chi connectivity index (χ0) is 4.99. The lowest BCUT2D eigenvalue weighted by Gasteiger charge is -1.71. The van der Waals surface area contributed by atoms with Crippen molar-refractivity contribution < 1.29 is 0 Å². The maximum Gasteiger partial charge on any atom is 0.304 e. The van der Waals surface area contributed by atoms with E-state index in [1.54, 1.807) is 13.0 Å². The van der Waals surface area contributed by atoms with E-state index in [2.05, 4.69) is 4.85 Å². The first-order chi connectivity index (χ1) is 2.81. The summed E-state index contributed by atoms with van der Waals surface area (Å²) in [6, 6.07) is 1.29. The zero-order valence-corrected chi connectivity index (χ0v) is 3.47. The summed E-state index contributed by atoms with van der Waals surface area (Å²) in [7, 11) is 0. The van der Waals surface area contributed by atoms with Crippen LogP contribution in [0.15, 0.2) is 0 Å². The van der Waals surface area contributed by atoms with Gasteiger partial charge in [0.1, 0.15) is 0 Å². The van der Waals surface area contributed by atoms with Crippen LogP contribution in [-0.4, -0.2) is 6.04 Å². The first-order valence-corrected chi connectivity index (χ1v) is 1.57. The summed E-state index contributed by atoms with van der Waals surface area (Å²) >= 11 is 0. The summed E-state index contributed by atoms with van der Waals surface area (Å²) in [6.07, 6.45) is 0. The molecule has 0 aliphatic rings. The quantitative estimate of drug-likeness (QED) is 0.396. The van der Waals surface area contributed by atoms with Crippen LogP contribution in [0.3, 0.4) is 0 Å². The second kappa shape index (κ2) is 2.23. The third-order valence-corrected chi connectivity index (χ3v) is 0.380. The Kier molecular flexibility index (Phi) is 1.85. The lowest BCUT2D eigenvalue weighted by atomic mass is 10.4. The third kappa shape index (κ3) is 1.32. The highest BCUT2D eigenvalue weighted by Crippen LogP contribution is 1.79. The highest BCUT2D eigenvalue weighted by Gasteiger charge is 1.93. The van der Waals surface area contributed by atoms with E-state index < -0.39 is 6.04 Å². The minimum absolute atomic E-state index is 0.468. The van der Waals surface area contributed by atoms with E-state index in [9.17, 15) is 0 Å². The zero-order valence-electron chi connectivity index (χ0n) is 3.47. The van der Waals surface area contributed by atoms with E-state index in [1.807, 2.05) is 0 Å². The monoisotopic (exact) mass is 80.0 g/mol. The fourth-order valence-electron chi connectivity index (χ4n) is 0.0289. The van der Waals surface area contributed by atoms with Gasteiger partial charge in [0.05, 0.1) is 0 Å². The molecule has 0 saturated carbocycles. The van der Waals surface area contributed by atoms with Crippen molar-refractivity contribution in [1.29, 1.82) is 5.26 Å². The highest BCUT2D eigenvalue weighted by molar-refractivity contribution is 4.93. The summed E-state index contributed by atoms with van der Waals surface area (Å²) in [6.45, 7) is 7.77. The van der Waals surface area contributed by atoms with Crippen molar-refractivity contribution in [1.82, 2.24) is 0 Å². The van der Waals surface area contributed by atoms with Gasteiger partial charge in [-0.3, -0.25) is 4.85 Å². The molecule has 0 fully saturated rings.